The molecule has 39 heavy (non-hydrogen) atoms. The number of benzene rings is 4. The summed E-state index contributed by atoms with van der Waals surface area (Å²) in [5.74, 6) is -0.199. The van der Waals surface area contributed by atoms with Crippen LogP contribution in [0.25, 0.3) is 0 Å². The van der Waals surface area contributed by atoms with Gasteiger partial charge in [-0.15, -0.1) is 0 Å². The van der Waals surface area contributed by atoms with Crippen molar-refractivity contribution in [2.24, 2.45) is 0 Å². The largest absolute Gasteiger partial charge is 0.377 e. The van der Waals surface area contributed by atoms with Crippen molar-refractivity contribution >= 4 is 37.6 Å². The lowest BCUT2D eigenvalue weighted by atomic mass is 10.2. The summed E-state index contributed by atoms with van der Waals surface area (Å²) in [7, 11) is -8.33. The first kappa shape index (κ1) is 27.7. The van der Waals surface area contributed by atoms with E-state index in [-0.39, 0.29) is 32.7 Å². The molecule has 0 aliphatic heterocycles. The van der Waals surface area contributed by atoms with Crippen LogP contribution in [-0.2, 0) is 26.7 Å². The van der Waals surface area contributed by atoms with Gasteiger partial charge in [-0.25, -0.2) is 4.79 Å². The van der Waals surface area contributed by atoms with E-state index in [4.69, 9.17) is 8.37 Å². The number of nitrogens with one attached hydrogen (secondary N) is 2. The van der Waals surface area contributed by atoms with Crippen LogP contribution in [0.3, 0.4) is 0 Å². The highest BCUT2D eigenvalue weighted by atomic mass is 32.2. The van der Waals surface area contributed by atoms with Crippen LogP contribution in [0.2, 0.25) is 0 Å². The SMILES string of the molecule is CCc1ccc(S(=O)(=O)Oc2ccccc2NC(=O)Nc2ccccc2OS(=O)(=O)c2ccc(C)cc2)cc1. The molecule has 0 aliphatic rings. The van der Waals surface area contributed by atoms with E-state index in [0.717, 1.165) is 17.5 Å². The van der Waals surface area contributed by atoms with Crippen molar-refractivity contribution in [2.45, 2.75) is 30.1 Å². The summed E-state index contributed by atoms with van der Waals surface area (Å²) in [5.41, 5.74) is 2.02. The number of carbonyl (C=O) groups is 1. The molecule has 0 bridgehead atoms. The normalized spacial score (nSPS) is 11.4. The number of hydrogen-bond donors (Lipinski definition) is 2. The van der Waals surface area contributed by atoms with Crippen LogP contribution in [0.15, 0.2) is 107 Å². The fourth-order valence-corrected chi connectivity index (χ4v) is 5.39. The predicted octanol–water partition coefficient (Wildman–Crippen LogP) is 5.74. The van der Waals surface area contributed by atoms with Gasteiger partial charge >= 0.3 is 26.3 Å². The Hall–Kier alpha value is -4.35. The highest BCUT2D eigenvalue weighted by Crippen LogP contribution is 2.30. The molecule has 4 rings (SSSR count). The molecule has 0 atom stereocenters. The second-order valence-corrected chi connectivity index (χ2v) is 11.5. The van der Waals surface area contributed by atoms with Crippen molar-refractivity contribution in [1.82, 2.24) is 0 Å². The van der Waals surface area contributed by atoms with Gasteiger partial charge in [0, 0.05) is 0 Å². The zero-order valence-corrected chi connectivity index (χ0v) is 22.8. The van der Waals surface area contributed by atoms with E-state index < -0.39 is 26.3 Å². The third kappa shape index (κ3) is 6.95. The molecule has 2 N–H and O–H groups in total. The monoisotopic (exact) mass is 566 g/mol. The van der Waals surface area contributed by atoms with Crippen LogP contribution in [0.1, 0.15) is 18.1 Å². The smallest absolute Gasteiger partial charge is 0.339 e. The number of hydrogen-bond acceptors (Lipinski definition) is 7. The van der Waals surface area contributed by atoms with Crippen molar-refractivity contribution in [1.29, 1.82) is 0 Å². The van der Waals surface area contributed by atoms with Gasteiger partial charge in [0.05, 0.1) is 11.4 Å². The van der Waals surface area contributed by atoms with Crippen molar-refractivity contribution in [3.8, 4) is 11.5 Å². The summed E-state index contributed by atoms with van der Waals surface area (Å²) in [6.45, 7) is 3.79. The van der Waals surface area contributed by atoms with Crippen LogP contribution in [0, 0.1) is 6.92 Å². The molecule has 0 unspecified atom stereocenters. The minimum absolute atomic E-state index is 0.0279. The molecule has 9 nitrogen and oxygen atoms in total. The number of urea groups is 1. The third-order valence-corrected chi connectivity index (χ3v) is 8.10. The van der Waals surface area contributed by atoms with Gasteiger partial charge < -0.3 is 19.0 Å². The number of carbonyl (C=O) groups excluding carboxylic acids is 1. The van der Waals surface area contributed by atoms with Crippen LogP contribution in [-0.4, -0.2) is 22.9 Å². The summed E-state index contributed by atoms with van der Waals surface area (Å²) in [6.07, 6.45) is 0.759. The Bertz CT molecular complexity index is 1680. The number of rotatable bonds is 9. The summed E-state index contributed by atoms with van der Waals surface area (Å²) in [4.78, 5) is 12.8. The molecule has 0 fully saturated rings. The Morgan fingerprint density at radius 3 is 1.49 bits per heavy atom. The van der Waals surface area contributed by atoms with Gasteiger partial charge in [0.25, 0.3) is 0 Å². The zero-order valence-electron chi connectivity index (χ0n) is 21.1. The zero-order chi connectivity index (χ0) is 28.0. The molecule has 0 saturated heterocycles. The molecule has 11 heteroatoms. The van der Waals surface area contributed by atoms with E-state index in [1.165, 1.54) is 48.5 Å². The highest BCUT2D eigenvalue weighted by Gasteiger charge is 2.21. The third-order valence-electron chi connectivity index (χ3n) is 5.60. The van der Waals surface area contributed by atoms with Gasteiger partial charge in [-0.3, -0.25) is 0 Å². The second-order valence-electron chi connectivity index (χ2n) is 8.46. The van der Waals surface area contributed by atoms with Crippen molar-refractivity contribution in [3.05, 3.63) is 108 Å². The maximum absolute atomic E-state index is 12.8. The highest BCUT2D eigenvalue weighted by molar-refractivity contribution is 7.87. The Morgan fingerprint density at radius 2 is 1.05 bits per heavy atom. The standard InChI is InChI=1S/C28H26N2O7S2/c1-3-21-14-18-23(19-15-21)39(34,35)37-27-11-7-5-9-25(27)30-28(31)29-24-8-4-6-10-26(24)36-38(32,33)22-16-12-20(2)13-17-22/h4-19H,3H2,1-2H3,(H2,29,30,31). The average molecular weight is 567 g/mol. The van der Waals surface area contributed by atoms with Crippen LogP contribution >= 0.6 is 0 Å². The Morgan fingerprint density at radius 1 is 0.641 bits per heavy atom. The fraction of sp³-hybridized carbons (Fsp3) is 0.107. The van der Waals surface area contributed by atoms with Crippen molar-refractivity contribution in [3.63, 3.8) is 0 Å². The number of aryl methyl sites for hydroxylation is 2. The molecule has 0 aromatic heterocycles. The summed E-state index contributed by atoms with van der Waals surface area (Å²) >= 11 is 0. The molecule has 202 valence electrons. The minimum atomic E-state index is -4.17. The molecule has 4 aromatic carbocycles. The number of amides is 2. The lowest BCUT2D eigenvalue weighted by Gasteiger charge is -2.15. The van der Waals surface area contributed by atoms with Crippen LogP contribution in [0.4, 0.5) is 16.2 Å². The quantitative estimate of drug-likeness (QED) is 0.247. The Kier molecular flexibility index (Phi) is 8.22. The van der Waals surface area contributed by atoms with Crippen LogP contribution < -0.4 is 19.0 Å². The molecule has 2 amide bonds. The maximum atomic E-state index is 12.8. The van der Waals surface area contributed by atoms with Gasteiger partial charge in [-0.05, 0) is 67.4 Å². The van der Waals surface area contributed by atoms with Crippen molar-refractivity contribution < 1.29 is 30.0 Å². The number of para-hydroxylation sites is 4. The second kappa shape index (κ2) is 11.6. The summed E-state index contributed by atoms with van der Waals surface area (Å²) < 4.78 is 61.7. The van der Waals surface area contributed by atoms with Gasteiger partial charge in [-0.2, -0.15) is 16.8 Å². The Balaban J connectivity index is 1.50. The first-order valence-corrected chi connectivity index (χ1v) is 14.7. The van der Waals surface area contributed by atoms with Crippen LogP contribution in [0.5, 0.6) is 11.5 Å². The van der Waals surface area contributed by atoms with Gasteiger partial charge in [0.1, 0.15) is 9.79 Å². The molecular formula is C28H26N2O7S2. The minimum Gasteiger partial charge on any atom is -0.377 e. The molecule has 0 spiro atoms. The van der Waals surface area contributed by atoms with Crippen molar-refractivity contribution in [2.75, 3.05) is 10.6 Å². The van der Waals surface area contributed by atoms with E-state index in [1.807, 2.05) is 13.8 Å². The van der Waals surface area contributed by atoms with E-state index >= 15 is 0 Å². The van der Waals surface area contributed by atoms with E-state index in [1.54, 1.807) is 48.5 Å². The molecule has 0 heterocycles. The van der Waals surface area contributed by atoms with Gasteiger partial charge in [0.15, 0.2) is 11.5 Å². The lowest BCUT2D eigenvalue weighted by Crippen LogP contribution is -2.21. The maximum Gasteiger partial charge on any atom is 0.339 e. The van der Waals surface area contributed by atoms with E-state index in [0.29, 0.717) is 0 Å². The number of anilines is 2. The Labute approximate surface area is 227 Å². The topological polar surface area (TPSA) is 128 Å². The fourth-order valence-electron chi connectivity index (χ4n) is 3.49. The van der Waals surface area contributed by atoms with E-state index in [2.05, 4.69) is 10.6 Å². The summed E-state index contributed by atoms with van der Waals surface area (Å²) in [5, 5.41) is 5.07. The van der Waals surface area contributed by atoms with E-state index in [9.17, 15) is 21.6 Å². The molecule has 0 radical (unpaired) electrons. The molecular weight excluding hydrogens is 540 g/mol. The van der Waals surface area contributed by atoms with Gasteiger partial charge in [0.2, 0.25) is 0 Å². The predicted molar refractivity (Wildman–Crippen MR) is 148 cm³/mol. The first-order chi connectivity index (χ1) is 18.6. The van der Waals surface area contributed by atoms with Gasteiger partial charge in [-0.1, -0.05) is 61.0 Å². The first-order valence-electron chi connectivity index (χ1n) is 11.9. The average Bonchev–Trinajstić information content (AvgIpc) is 2.91. The molecule has 4 aromatic rings. The lowest BCUT2D eigenvalue weighted by molar-refractivity contribution is 0.262. The molecule has 0 saturated carbocycles. The molecule has 0 aliphatic carbocycles. The summed E-state index contributed by atoms with van der Waals surface area (Å²) in [6, 6.07) is 23.7.